The van der Waals surface area contributed by atoms with E-state index in [-0.39, 0.29) is 17.4 Å². The first-order chi connectivity index (χ1) is 10.0. The van der Waals surface area contributed by atoms with Crippen LogP contribution >= 0.6 is 27.5 Å². The summed E-state index contributed by atoms with van der Waals surface area (Å²) in [5.74, 6) is 0.342. The van der Waals surface area contributed by atoms with Gasteiger partial charge in [-0.3, -0.25) is 0 Å². The Kier molecular flexibility index (Phi) is 5.45. The van der Waals surface area contributed by atoms with Crippen molar-refractivity contribution in [3.8, 4) is 11.5 Å². The molecule has 0 radical (unpaired) electrons. The van der Waals surface area contributed by atoms with Crippen LogP contribution in [0.3, 0.4) is 0 Å². The summed E-state index contributed by atoms with van der Waals surface area (Å²) >= 11 is 8.89. The molecule has 0 amide bonds. The standard InChI is InChI=1S/C15H13BrClFO3/c1-20-10-4-2-3-9(5-10)14(19)8-21-15-7-13(18)12(17)6-11(15)16/h2-7,14,19H,8H2,1H3. The van der Waals surface area contributed by atoms with Crippen LogP contribution in [0.15, 0.2) is 40.9 Å². The van der Waals surface area contributed by atoms with Crippen molar-refractivity contribution in [3.05, 3.63) is 57.3 Å². The fraction of sp³-hybridized carbons (Fsp3) is 0.200. The van der Waals surface area contributed by atoms with Gasteiger partial charge in [0, 0.05) is 6.07 Å². The van der Waals surface area contributed by atoms with E-state index in [2.05, 4.69) is 15.9 Å². The van der Waals surface area contributed by atoms with Crippen LogP contribution in [0.25, 0.3) is 0 Å². The maximum atomic E-state index is 13.4. The number of aliphatic hydroxyl groups excluding tert-OH is 1. The van der Waals surface area contributed by atoms with Crippen LogP contribution in [0, 0.1) is 5.82 Å². The van der Waals surface area contributed by atoms with E-state index in [1.807, 2.05) is 0 Å². The quantitative estimate of drug-likeness (QED) is 0.789. The Morgan fingerprint density at radius 2 is 2.10 bits per heavy atom. The van der Waals surface area contributed by atoms with Gasteiger partial charge in [-0.15, -0.1) is 0 Å². The van der Waals surface area contributed by atoms with Gasteiger partial charge in [-0.25, -0.2) is 4.39 Å². The van der Waals surface area contributed by atoms with Crippen LogP contribution in [-0.4, -0.2) is 18.8 Å². The number of halogens is 3. The third-order valence-corrected chi connectivity index (χ3v) is 3.76. The van der Waals surface area contributed by atoms with E-state index >= 15 is 0 Å². The molecule has 21 heavy (non-hydrogen) atoms. The van der Waals surface area contributed by atoms with Crippen molar-refractivity contribution in [2.75, 3.05) is 13.7 Å². The molecule has 0 aliphatic rings. The van der Waals surface area contributed by atoms with Crippen molar-refractivity contribution in [2.45, 2.75) is 6.10 Å². The third kappa shape index (κ3) is 4.09. The SMILES string of the molecule is COc1cccc(C(O)COc2cc(F)c(Cl)cc2Br)c1. The largest absolute Gasteiger partial charge is 0.497 e. The summed E-state index contributed by atoms with van der Waals surface area (Å²) in [6, 6.07) is 9.60. The molecule has 0 heterocycles. The Morgan fingerprint density at radius 3 is 2.81 bits per heavy atom. The van der Waals surface area contributed by atoms with E-state index < -0.39 is 11.9 Å². The van der Waals surface area contributed by atoms with Gasteiger partial charge in [0.25, 0.3) is 0 Å². The first-order valence-electron chi connectivity index (χ1n) is 6.10. The van der Waals surface area contributed by atoms with Gasteiger partial charge in [0.2, 0.25) is 0 Å². The molecular formula is C15H13BrClFO3. The molecule has 3 nitrogen and oxygen atoms in total. The fourth-order valence-electron chi connectivity index (χ4n) is 1.73. The highest BCUT2D eigenvalue weighted by molar-refractivity contribution is 9.10. The van der Waals surface area contributed by atoms with Gasteiger partial charge >= 0.3 is 0 Å². The average Bonchev–Trinajstić information content (AvgIpc) is 2.49. The van der Waals surface area contributed by atoms with Gasteiger partial charge in [-0.1, -0.05) is 23.7 Å². The van der Waals surface area contributed by atoms with Crippen molar-refractivity contribution in [2.24, 2.45) is 0 Å². The molecule has 1 unspecified atom stereocenters. The Labute approximate surface area is 135 Å². The van der Waals surface area contributed by atoms with E-state index in [1.165, 1.54) is 12.1 Å². The Bertz CT molecular complexity index is 636. The van der Waals surface area contributed by atoms with Crippen LogP contribution in [0.5, 0.6) is 11.5 Å². The van der Waals surface area contributed by atoms with Crippen LogP contribution in [0.4, 0.5) is 4.39 Å². The second kappa shape index (κ2) is 7.11. The number of aliphatic hydroxyl groups is 1. The summed E-state index contributed by atoms with van der Waals surface area (Å²) in [5.41, 5.74) is 0.653. The molecule has 2 rings (SSSR count). The minimum absolute atomic E-state index is 0.00238. The van der Waals surface area contributed by atoms with Gasteiger partial charge in [-0.05, 0) is 39.7 Å². The van der Waals surface area contributed by atoms with E-state index in [9.17, 15) is 9.50 Å². The first-order valence-corrected chi connectivity index (χ1v) is 7.27. The summed E-state index contributed by atoms with van der Waals surface area (Å²) in [6.45, 7) is -0.0210. The lowest BCUT2D eigenvalue weighted by Crippen LogP contribution is -2.10. The Balaban J connectivity index is 2.07. The third-order valence-electron chi connectivity index (χ3n) is 2.85. The summed E-state index contributed by atoms with van der Waals surface area (Å²) in [6.07, 6.45) is -0.856. The maximum absolute atomic E-state index is 13.4. The zero-order chi connectivity index (χ0) is 15.4. The second-order valence-corrected chi connectivity index (χ2v) is 5.56. The van der Waals surface area contributed by atoms with E-state index in [4.69, 9.17) is 21.1 Å². The predicted octanol–water partition coefficient (Wildman–Crippen LogP) is 4.36. The van der Waals surface area contributed by atoms with E-state index in [0.29, 0.717) is 15.8 Å². The summed E-state index contributed by atoms with van der Waals surface area (Å²) < 4.78 is 24.4. The van der Waals surface area contributed by atoms with Crippen LogP contribution < -0.4 is 9.47 Å². The van der Waals surface area contributed by atoms with Gasteiger partial charge in [-0.2, -0.15) is 0 Å². The molecule has 6 heteroatoms. The summed E-state index contributed by atoms with van der Waals surface area (Å²) in [5, 5.41) is 10.1. The first kappa shape index (κ1) is 16.1. The molecule has 0 bridgehead atoms. The van der Waals surface area contributed by atoms with Gasteiger partial charge < -0.3 is 14.6 Å². The van der Waals surface area contributed by atoms with Crippen molar-refractivity contribution in [3.63, 3.8) is 0 Å². The van der Waals surface area contributed by atoms with Crippen LogP contribution in [0.2, 0.25) is 5.02 Å². The molecule has 1 atom stereocenters. The summed E-state index contributed by atoms with van der Waals surface area (Å²) in [4.78, 5) is 0. The number of benzene rings is 2. The number of hydrogen-bond donors (Lipinski definition) is 1. The zero-order valence-electron chi connectivity index (χ0n) is 11.1. The summed E-state index contributed by atoms with van der Waals surface area (Å²) in [7, 11) is 1.55. The van der Waals surface area contributed by atoms with Gasteiger partial charge in [0.15, 0.2) is 0 Å². The van der Waals surface area contributed by atoms with E-state index in [0.717, 1.165) is 0 Å². The highest BCUT2D eigenvalue weighted by Gasteiger charge is 2.12. The van der Waals surface area contributed by atoms with Crippen molar-refractivity contribution in [1.29, 1.82) is 0 Å². The van der Waals surface area contributed by atoms with Crippen molar-refractivity contribution < 1.29 is 19.0 Å². The molecule has 0 fully saturated rings. The Hall–Kier alpha value is -1.30. The predicted molar refractivity (Wildman–Crippen MR) is 82.6 cm³/mol. The maximum Gasteiger partial charge on any atom is 0.145 e. The molecule has 2 aromatic carbocycles. The van der Waals surface area contributed by atoms with Gasteiger partial charge in [0.1, 0.15) is 30.0 Å². The number of rotatable bonds is 5. The highest BCUT2D eigenvalue weighted by Crippen LogP contribution is 2.31. The minimum atomic E-state index is -0.856. The van der Waals surface area contributed by atoms with E-state index in [1.54, 1.807) is 31.4 Å². The number of methoxy groups -OCH3 is 1. The van der Waals surface area contributed by atoms with Crippen LogP contribution in [0.1, 0.15) is 11.7 Å². The average molecular weight is 376 g/mol. The second-order valence-electron chi connectivity index (χ2n) is 4.30. The molecule has 0 aliphatic carbocycles. The Morgan fingerprint density at radius 1 is 1.33 bits per heavy atom. The molecule has 1 N–H and O–H groups in total. The normalized spacial score (nSPS) is 12.0. The van der Waals surface area contributed by atoms with Crippen molar-refractivity contribution >= 4 is 27.5 Å². The lowest BCUT2D eigenvalue weighted by Gasteiger charge is -2.14. The molecule has 2 aromatic rings. The fourth-order valence-corrected chi connectivity index (χ4v) is 2.48. The highest BCUT2D eigenvalue weighted by atomic mass is 79.9. The number of hydrogen-bond acceptors (Lipinski definition) is 3. The minimum Gasteiger partial charge on any atom is -0.497 e. The molecule has 0 aromatic heterocycles. The van der Waals surface area contributed by atoms with Crippen molar-refractivity contribution in [1.82, 2.24) is 0 Å². The molecule has 112 valence electrons. The smallest absolute Gasteiger partial charge is 0.145 e. The lowest BCUT2D eigenvalue weighted by molar-refractivity contribution is 0.107. The number of ether oxygens (including phenoxy) is 2. The lowest BCUT2D eigenvalue weighted by atomic mass is 10.1. The molecular weight excluding hydrogens is 363 g/mol. The van der Waals surface area contributed by atoms with Gasteiger partial charge in [0.05, 0.1) is 16.6 Å². The zero-order valence-corrected chi connectivity index (χ0v) is 13.5. The van der Waals surface area contributed by atoms with Crippen LogP contribution in [-0.2, 0) is 0 Å². The molecule has 0 aliphatic heterocycles. The molecule has 0 spiro atoms. The molecule has 0 saturated carbocycles. The molecule has 0 saturated heterocycles. The topological polar surface area (TPSA) is 38.7 Å². The monoisotopic (exact) mass is 374 g/mol.